The molecular formula is C20H30IN3O4. The number of aromatic hydroxyl groups is 1. The second kappa shape index (κ2) is 10.6. The van der Waals surface area contributed by atoms with Gasteiger partial charge in [0.25, 0.3) is 0 Å². The molecule has 1 atom stereocenters. The third kappa shape index (κ3) is 6.30. The second-order valence-corrected chi connectivity index (χ2v) is 6.64. The van der Waals surface area contributed by atoms with E-state index in [0.717, 1.165) is 11.3 Å². The van der Waals surface area contributed by atoms with Gasteiger partial charge in [-0.05, 0) is 52.0 Å². The second-order valence-electron chi connectivity index (χ2n) is 6.64. The number of phenolic OH excluding ortho intramolecular Hbond substituents is 1. The first-order valence-electron chi connectivity index (χ1n) is 8.94. The Morgan fingerprint density at radius 2 is 1.96 bits per heavy atom. The smallest absolute Gasteiger partial charge is 0.191 e. The van der Waals surface area contributed by atoms with E-state index >= 15 is 0 Å². The molecule has 0 amide bonds. The molecule has 7 nitrogen and oxygen atoms in total. The predicted octanol–water partition coefficient (Wildman–Crippen LogP) is 3.19. The van der Waals surface area contributed by atoms with Crippen molar-refractivity contribution in [2.45, 2.75) is 39.8 Å². The topological polar surface area (TPSA) is 99.3 Å². The van der Waals surface area contributed by atoms with Crippen LogP contribution in [0.2, 0.25) is 0 Å². The molecule has 28 heavy (non-hydrogen) atoms. The molecule has 2 rings (SSSR count). The Morgan fingerprint density at radius 1 is 1.25 bits per heavy atom. The molecule has 2 aromatic rings. The molecule has 0 aliphatic heterocycles. The van der Waals surface area contributed by atoms with Crippen LogP contribution in [0.4, 0.5) is 0 Å². The van der Waals surface area contributed by atoms with Crippen LogP contribution in [-0.2, 0) is 12.1 Å². The lowest BCUT2D eigenvalue weighted by atomic mass is 9.96. The molecule has 1 aromatic heterocycles. The van der Waals surface area contributed by atoms with E-state index < -0.39 is 5.60 Å². The first-order valence-corrected chi connectivity index (χ1v) is 8.94. The quantitative estimate of drug-likeness (QED) is 0.263. The van der Waals surface area contributed by atoms with Gasteiger partial charge in [0.05, 0.1) is 20.2 Å². The van der Waals surface area contributed by atoms with E-state index in [-0.39, 0.29) is 42.8 Å². The van der Waals surface area contributed by atoms with Crippen molar-refractivity contribution in [3.63, 3.8) is 0 Å². The highest BCUT2D eigenvalue weighted by atomic mass is 127. The molecule has 0 aliphatic carbocycles. The number of hydrogen-bond donors (Lipinski definition) is 4. The molecule has 4 N–H and O–H groups in total. The summed E-state index contributed by atoms with van der Waals surface area (Å²) in [5.41, 5.74) is 0.282. The van der Waals surface area contributed by atoms with Gasteiger partial charge in [0, 0.05) is 17.7 Å². The maximum absolute atomic E-state index is 10.8. The van der Waals surface area contributed by atoms with Crippen LogP contribution in [-0.4, -0.2) is 36.4 Å². The fourth-order valence-corrected chi connectivity index (χ4v) is 2.84. The van der Waals surface area contributed by atoms with Gasteiger partial charge in [-0.3, -0.25) is 0 Å². The molecule has 0 radical (unpaired) electrons. The minimum absolute atomic E-state index is 0. The van der Waals surface area contributed by atoms with Gasteiger partial charge in [0.2, 0.25) is 0 Å². The van der Waals surface area contributed by atoms with Crippen LogP contribution in [0.3, 0.4) is 0 Å². The Balaban J connectivity index is 0.00000392. The average molecular weight is 503 g/mol. The number of guanidine groups is 1. The number of aliphatic imine (C=N–C) groups is 1. The SMILES string of the molecule is CCNC(=NCc1cc(OC)ccc1O)NCC(C)(O)c1cc(C)oc1C.I. The number of halogens is 1. The van der Waals surface area contributed by atoms with Gasteiger partial charge in [-0.1, -0.05) is 0 Å². The van der Waals surface area contributed by atoms with Crippen LogP contribution in [0.25, 0.3) is 0 Å². The summed E-state index contributed by atoms with van der Waals surface area (Å²) in [7, 11) is 1.58. The molecule has 156 valence electrons. The van der Waals surface area contributed by atoms with E-state index in [2.05, 4.69) is 15.6 Å². The number of methoxy groups -OCH3 is 1. The molecule has 1 heterocycles. The maximum Gasteiger partial charge on any atom is 0.191 e. The monoisotopic (exact) mass is 503 g/mol. The van der Waals surface area contributed by atoms with E-state index in [0.29, 0.717) is 29.6 Å². The van der Waals surface area contributed by atoms with Crippen LogP contribution in [0.1, 0.15) is 36.5 Å². The standard InChI is InChI=1S/C20H29N3O4.HI/c1-6-21-19(22-11-15-10-16(26-5)7-8-18(15)24)23-12-20(4,25)17-9-13(2)27-14(17)3;/h7-10,24-25H,6,11-12H2,1-5H3,(H2,21,22,23);1H. The fraction of sp³-hybridized carbons (Fsp3) is 0.450. The van der Waals surface area contributed by atoms with E-state index in [1.807, 2.05) is 26.8 Å². The zero-order valence-corrected chi connectivity index (χ0v) is 19.3. The lowest BCUT2D eigenvalue weighted by Gasteiger charge is -2.24. The van der Waals surface area contributed by atoms with Gasteiger partial charge in [-0.25, -0.2) is 4.99 Å². The lowest BCUT2D eigenvalue weighted by molar-refractivity contribution is 0.0601. The molecule has 0 aliphatic rings. The van der Waals surface area contributed by atoms with Crippen molar-refractivity contribution in [3.8, 4) is 11.5 Å². The normalized spacial score (nSPS) is 13.4. The molecular weight excluding hydrogens is 473 g/mol. The van der Waals surface area contributed by atoms with Crippen molar-refractivity contribution in [3.05, 3.63) is 46.9 Å². The van der Waals surface area contributed by atoms with Crippen LogP contribution < -0.4 is 15.4 Å². The molecule has 0 fully saturated rings. The number of phenols is 1. The Labute approximate surface area is 183 Å². The number of furan rings is 1. The van der Waals surface area contributed by atoms with Crippen molar-refractivity contribution >= 4 is 29.9 Å². The summed E-state index contributed by atoms with van der Waals surface area (Å²) in [5, 5.41) is 27.1. The van der Waals surface area contributed by atoms with Crippen molar-refractivity contribution < 1.29 is 19.4 Å². The first kappa shape index (κ1) is 24.1. The summed E-state index contributed by atoms with van der Waals surface area (Å²) in [4.78, 5) is 4.49. The molecule has 0 bridgehead atoms. The Hall–Kier alpha value is -1.94. The number of benzene rings is 1. The van der Waals surface area contributed by atoms with Crippen LogP contribution in [0.5, 0.6) is 11.5 Å². The number of nitrogens with one attached hydrogen (secondary N) is 2. The third-order valence-electron chi connectivity index (χ3n) is 4.26. The number of ether oxygens (including phenoxy) is 1. The summed E-state index contributed by atoms with van der Waals surface area (Å²) >= 11 is 0. The summed E-state index contributed by atoms with van der Waals surface area (Å²) < 4.78 is 10.7. The van der Waals surface area contributed by atoms with Crippen molar-refractivity contribution in [2.24, 2.45) is 4.99 Å². The molecule has 1 aromatic carbocycles. The highest BCUT2D eigenvalue weighted by molar-refractivity contribution is 14.0. The van der Waals surface area contributed by atoms with E-state index in [9.17, 15) is 10.2 Å². The molecule has 0 saturated heterocycles. The average Bonchev–Trinajstić information content (AvgIpc) is 2.98. The summed E-state index contributed by atoms with van der Waals surface area (Å²) in [5.74, 6) is 2.81. The maximum atomic E-state index is 10.8. The van der Waals surface area contributed by atoms with Crippen molar-refractivity contribution in [1.29, 1.82) is 0 Å². The predicted molar refractivity (Wildman–Crippen MR) is 121 cm³/mol. The third-order valence-corrected chi connectivity index (χ3v) is 4.26. The van der Waals surface area contributed by atoms with Gasteiger partial charge in [0.15, 0.2) is 5.96 Å². The lowest BCUT2D eigenvalue weighted by Crippen LogP contribution is -2.44. The van der Waals surface area contributed by atoms with E-state index in [1.54, 1.807) is 32.2 Å². The Morgan fingerprint density at radius 3 is 2.54 bits per heavy atom. The van der Waals surface area contributed by atoms with Gasteiger partial charge in [-0.2, -0.15) is 0 Å². The fourth-order valence-electron chi connectivity index (χ4n) is 2.84. The number of aliphatic hydroxyl groups is 1. The van der Waals surface area contributed by atoms with Gasteiger partial charge in [-0.15, -0.1) is 24.0 Å². The Bertz CT molecular complexity index is 803. The summed E-state index contributed by atoms with van der Waals surface area (Å²) in [6.45, 7) is 8.57. The van der Waals surface area contributed by atoms with Crippen LogP contribution in [0.15, 0.2) is 33.7 Å². The first-order chi connectivity index (χ1) is 12.8. The van der Waals surface area contributed by atoms with Crippen LogP contribution >= 0.6 is 24.0 Å². The summed E-state index contributed by atoms with van der Waals surface area (Å²) in [6, 6.07) is 6.86. The van der Waals surface area contributed by atoms with Crippen LogP contribution in [0, 0.1) is 13.8 Å². The van der Waals surface area contributed by atoms with Gasteiger partial charge < -0.3 is 30.0 Å². The van der Waals surface area contributed by atoms with Crippen molar-refractivity contribution in [1.82, 2.24) is 10.6 Å². The van der Waals surface area contributed by atoms with E-state index in [4.69, 9.17) is 9.15 Å². The van der Waals surface area contributed by atoms with E-state index in [1.165, 1.54) is 0 Å². The molecule has 8 heteroatoms. The highest BCUT2D eigenvalue weighted by Gasteiger charge is 2.27. The molecule has 0 spiro atoms. The molecule has 0 saturated carbocycles. The summed E-state index contributed by atoms with van der Waals surface area (Å²) in [6.07, 6.45) is 0. The number of hydrogen-bond acceptors (Lipinski definition) is 5. The van der Waals surface area contributed by atoms with Gasteiger partial charge >= 0.3 is 0 Å². The zero-order chi connectivity index (χ0) is 20.0. The van der Waals surface area contributed by atoms with Gasteiger partial charge in [0.1, 0.15) is 28.6 Å². The molecule has 1 unspecified atom stereocenters. The number of aryl methyl sites for hydroxylation is 2. The Kier molecular flexibility index (Phi) is 9.09. The largest absolute Gasteiger partial charge is 0.508 e. The minimum atomic E-state index is -1.11. The number of rotatable bonds is 7. The zero-order valence-electron chi connectivity index (χ0n) is 17.0. The minimum Gasteiger partial charge on any atom is -0.508 e. The van der Waals surface area contributed by atoms with Crippen molar-refractivity contribution in [2.75, 3.05) is 20.2 Å². The number of nitrogens with zero attached hydrogens (tertiary/aromatic N) is 1. The highest BCUT2D eigenvalue weighted by Crippen LogP contribution is 2.26.